The van der Waals surface area contributed by atoms with E-state index in [1.807, 2.05) is 0 Å². The van der Waals surface area contributed by atoms with Gasteiger partial charge in [0.15, 0.2) is 0 Å². The fraction of sp³-hybridized carbons (Fsp3) is 0.533. The third-order valence-corrected chi connectivity index (χ3v) is 3.80. The van der Waals surface area contributed by atoms with E-state index < -0.39 is 4.92 Å². The molecule has 114 valence electrons. The minimum absolute atomic E-state index is 0.0459. The summed E-state index contributed by atoms with van der Waals surface area (Å²) in [5.41, 5.74) is 0.746. The Labute approximate surface area is 124 Å². The van der Waals surface area contributed by atoms with Crippen LogP contribution in [0.15, 0.2) is 18.2 Å². The van der Waals surface area contributed by atoms with E-state index in [-0.39, 0.29) is 5.69 Å². The number of likely N-dealkylation sites (tertiary alicyclic amines) is 1. The molecule has 1 saturated heterocycles. The van der Waals surface area contributed by atoms with Gasteiger partial charge in [-0.1, -0.05) is 12.8 Å². The highest BCUT2D eigenvalue weighted by atomic mass is 16.6. The van der Waals surface area contributed by atoms with Crippen molar-refractivity contribution < 1.29 is 9.72 Å². The predicted molar refractivity (Wildman–Crippen MR) is 81.9 cm³/mol. The van der Waals surface area contributed by atoms with Crippen LogP contribution in [0, 0.1) is 10.1 Å². The van der Waals surface area contributed by atoms with Crippen LogP contribution in [0.1, 0.15) is 36.0 Å². The molecule has 0 atom stereocenters. The molecule has 21 heavy (non-hydrogen) atoms. The first-order valence-corrected chi connectivity index (χ1v) is 7.40. The standard InChI is InChI=1S/C15H21N3O3/c19-12-13-5-6-14(15(11-13)18(20)21)16-7-10-17-8-3-1-2-4-9-17/h5-6,11-12,16H,1-4,7-10H2. The van der Waals surface area contributed by atoms with E-state index in [2.05, 4.69) is 10.2 Å². The van der Waals surface area contributed by atoms with Gasteiger partial charge in [-0.05, 0) is 38.1 Å². The number of carbonyl (C=O) groups excluding carboxylic acids is 1. The van der Waals surface area contributed by atoms with Crippen LogP contribution < -0.4 is 5.32 Å². The van der Waals surface area contributed by atoms with Gasteiger partial charge in [-0.15, -0.1) is 0 Å². The van der Waals surface area contributed by atoms with E-state index in [1.54, 1.807) is 12.1 Å². The van der Waals surface area contributed by atoms with Gasteiger partial charge in [0, 0.05) is 24.7 Å². The minimum atomic E-state index is -0.457. The van der Waals surface area contributed by atoms with Gasteiger partial charge in [0.25, 0.3) is 5.69 Å². The van der Waals surface area contributed by atoms with Crippen LogP contribution in [0.5, 0.6) is 0 Å². The number of nitro groups is 1. The third-order valence-electron chi connectivity index (χ3n) is 3.80. The van der Waals surface area contributed by atoms with Crippen molar-refractivity contribution in [3.63, 3.8) is 0 Å². The van der Waals surface area contributed by atoms with Gasteiger partial charge < -0.3 is 10.2 Å². The lowest BCUT2D eigenvalue weighted by molar-refractivity contribution is -0.384. The van der Waals surface area contributed by atoms with Crippen molar-refractivity contribution in [1.29, 1.82) is 0 Å². The molecular formula is C15H21N3O3. The van der Waals surface area contributed by atoms with Gasteiger partial charge in [0.05, 0.1) is 4.92 Å². The van der Waals surface area contributed by atoms with Crippen LogP contribution >= 0.6 is 0 Å². The second-order valence-corrected chi connectivity index (χ2v) is 5.33. The van der Waals surface area contributed by atoms with Crippen LogP contribution in [0.2, 0.25) is 0 Å². The van der Waals surface area contributed by atoms with Gasteiger partial charge in [-0.2, -0.15) is 0 Å². The Kier molecular flexibility index (Phi) is 5.68. The number of hydrogen-bond acceptors (Lipinski definition) is 5. The first-order chi connectivity index (χ1) is 10.2. The lowest BCUT2D eigenvalue weighted by Gasteiger charge is -2.20. The monoisotopic (exact) mass is 291 g/mol. The SMILES string of the molecule is O=Cc1ccc(NCCN2CCCCCC2)c([N+](=O)[O-])c1. The molecule has 1 aliphatic rings. The number of nitrogens with one attached hydrogen (secondary N) is 1. The van der Waals surface area contributed by atoms with Gasteiger partial charge in [-0.3, -0.25) is 14.9 Å². The maximum absolute atomic E-state index is 11.0. The zero-order valence-corrected chi connectivity index (χ0v) is 12.1. The lowest BCUT2D eigenvalue weighted by atomic mass is 10.2. The molecule has 0 bridgehead atoms. The zero-order chi connectivity index (χ0) is 15.1. The van der Waals surface area contributed by atoms with Gasteiger partial charge >= 0.3 is 0 Å². The highest BCUT2D eigenvalue weighted by Crippen LogP contribution is 2.24. The maximum Gasteiger partial charge on any atom is 0.293 e. The summed E-state index contributed by atoms with van der Waals surface area (Å²) in [5.74, 6) is 0. The average molecular weight is 291 g/mol. The summed E-state index contributed by atoms with van der Waals surface area (Å²) in [6, 6.07) is 4.50. The number of nitrogens with zero attached hydrogens (tertiary/aromatic N) is 2. The largest absolute Gasteiger partial charge is 0.378 e. The molecule has 6 nitrogen and oxygen atoms in total. The highest BCUT2D eigenvalue weighted by molar-refractivity contribution is 5.79. The number of benzene rings is 1. The Morgan fingerprint density at radius 2 is 1.95 bits per heavy atom. The Bertz CT molecular complexity index is 497. The fourth-order valence-corrected chi connectivity index (χ4v) is 2.63. The molecule has 0 aromatic heterocycles. The quantitative estimate of drug-likeness (QED) is 0.495. The second-order valence-electron chi connectivity index (χ2n) is 5.33. The lowest BCUT2D eigenvalue weighted by Crippen LogP contribution is -2.30. The summed E-state index contributed by atoms with van der Waals surface area (Å²) in [7, 11) is 0. The number of rotatable bonds is 6. The highest BCUT2D eigenvalue weighted by Gasteiger charge is 2.15. The third kappa shape index (κ3) is 4.53. The zero-order valence-electron chi connectivity index (χ0n) is 12.1. The normalized spacial score (nSPS) is 16.2. The van der Waals surface area contributed by atoms with Gasteiger partial charge in [0.2, 0.25) is 0 Å². The van der Waals surface area contributed by atoms with Crippen molar-refractivity contribution in [2.75, 3.05) is 31.5 Å². The van der Waals surface area contributed by atoms with Crippen LogP contribution in [0.25, 0.3) is 0 Å². The molecule has 1 aromatic rings. The molecule has 0 unspecified atom stereocenters. The Hall–Kier alpha value is -1.95. The van der Waals surface area contributed by atoms with Crippen molar-refractivity contribution in [1.82, 2.24) is 4.90 Å². The molecule has 0 spiro atoms. The average Bonchev–Trinajstić information content (AvgIpc) is 2.76. The molecular weight excluding hydrogens is 270 g/mol. The van der Waals surface area contributed by atoms with Crippen molar-refractivity contribution in [2.24, 2.45) is 0 Å². The second kappa shape index (κ2) is 7.73. The summed E-state index contributed by atoms with van der Waals surface area (Å²) in [6.45, 7) is 3.76. The maximum atomic E-state index is 11.0. The molecule has 2 rings (SSSR count). The summed E-state index contributed by atoms with van der Waals surface area (Å²) >= 11 is 0. The topological polar surface area (TPSA) is 75.5 Å². The van der Waals surface area contributed by atoms with Gasteiger partial charge in [0.1, 0.15) is 12.0 Å². The fourth-order valence-electron chi connectivity index (χ4n) is 2.63. The molecule has 0 aliphatic carbocycles. The number of aldehydes is 1. The molecule has 1 aliphatic heterocycles. The van der Waals surface area contributed by atoms with Crippen LogP contribution in [-0.4, -0.2) is 42.3 Å². The molecule has 1 heterocycles. The van der Waals surface area contributed by atoms with Crippen LogP contribution in [-0.2, 0) is 0 Å². The molecule has 1 aromatic carbocycles. The molecule has 0 amide bonds. The van der Waals surface area contributed by atoms with Crippen molar-refractivity contribution in [3.05, 3.63) is 33.9 Å². The van der Waals surface area contributed by atoms with E-state index in [1.165, 1.54) is 31.7 Å². The molecule has 1 fully saturated rings. The van der Waals surface area contributed by atoms with E-state index in [0.29, 0.717) is 24.1 Å². The van der Waals surface area contributed by atoms with Crippen molar-refractivity contribution in [3.8, 4) is 0 Å². The summed E-state index contributed by atoms with van der Waals surface area (Å²) in [4.78, 5) is 23.7. The van der Waals surface area contributed by atoms with Crippen LogP contribution in [0.4, 0.5) is 11.4 Å². The van der Waals surface area contributed by atoms with E-state index in [4.69, 9.17) is 0 Å². The number of anilines is 1. The number of nitro benzene ring substituents is 1. The summed E-state index contributed by atoms with van der Waals surface area (Å²) < 4.78 is 0. The Morgan fingerprint density at radius 3 is 2.57 bits per heavy atom. The predicted octanol–water partition coefficient (Wildman–Crippen LogP) is 2.70. The van der Waals surface area contributed by atoms with Crippen molar-refractivity contribution >= 4 is 17.7 Å². The van der Waals surface area contributed by atoms with E-state index in [0.717, 1.165) is 19.6 Å². The molecule has 0 radical (unpaired) electrons. The molecule has 0 saturated carbocycles. The summed E-state index contributed by atoms with van der Waals surface area (Å²) in [6.07, 6.45) is 5.67. The first kappa shape index (κ1) is 15.4. The number of hydrogen-bond donors (Lipinski definition) is 1. The molecule has 1 N–H and O–H groups in total. The molecule has 6 heteroatoms. The smallest absolute Gasteiger partial charge is 0.293 e. The first-order valence-electron chi connectivity index (χ1n) is 7.40. The van der Waals surface area contributed by atoms with Crippen LogP contribution in [0.3, 0.4) is 0 Å². The number of carbonyl (C=O) groups is 1. The van der Waals surface area contributed by atoms with E-state index in [9.17, 15) is 14.9 Å². The minimum Gasteiger partial charge on any atom is -0.378 e. The Balaban J connectivity index is 1.92. The van der Waals surface area contributed by atoms with Gasteiger partial charge in [-0.25, -0.2) is 0 Å². The Morgan fingerprint density at radius 1 is 1.24 bits per heavy atom. The van der Waals surface area contributed by atoms with E-state index >= 15 is 0 Å². The van der Waals surface area contributed by atoms with Crippen molar-refractivity contribution in [2.45, 2.75) is 25.7 Å². The summed E-state index contributed by atoms with van der Waals surface area (Å²) in [5, 5.41) is 14.2.